The Hall–Kier alpha value is -1.46. The molecule has 0 saturated carbocycles. The van der Waals surface area contributed by atoms with Crippen molar-refractivity contribution >= 4 is 5.91 Å². The fourth-order valence-corrected chi connectivity index (χ4v) is 2.64. The fourth-order valence-electron chi connectivity index (χ4n) is 2.64. The van der Waals surface area contributed by atoms with E-state index >= 15 is 0 Å². The van der Waals surface area contributed by atoms with Crippen molar-refractivity contribution in [2.75, 3.05) is 19.8 Å². The predicted octanol–water partition coefficient (Wildman–Crippen LogP) is 2.36. The first-order valence-corrected chi connectivity index (χ1v) is 7.80. The second-order valence-corrected chi connectivity index (χ2v) is 6.15. The monoisotopic (exact) mass is 309 g/mol. The minimum atomic E-state index is -1.21. The third kappa shape index (κ3) is 5.07. The maximum Gasteiger partial charge on any atom is 0.220 e. The Balaban J connectivity index is 1.75. The summed E-state index contributed by atoms with van der Waals surface area (Å²) < 4.78 is 18.2. The maximum absolute atomic E-state index is 12.9. The van der Waals surface area contributed by atoms with E-state index in [2.05, 4.69) is 5.32 Å². The summed E-state index contributed by atoms with van der Waals surface area (Å²) >= 11 is 0. The minimum absolute atomic E-state index is 0.0612. The van der Waals surface area contributed by atoms with Crippen LogP contribution in [-0.4, -0.2) is 30.8 Å². The van der Waals surface area contributed by atoms with E-state index in [0.717, 1.165) is 32.5 Å². The highest BCUT2D eigenvalue weighted by molar-refractivity contribution is 5.75. The van der Waals surface area contributed by atoms with E-state index in [9.17, 15) is 14.3 Å². The number of carbonyl (C=O) groups excluding carboxylic acids is 1. The lowest BCUT2D eigenvalue weighted by Gasteiger charge is -2.25. The van der Waals surface area contributed by atoms with Gasteiger partial charge in [0, 0.05) is 19.6 Å². The highest BCUT2D eigenvalue weighted by Crippen LogP contribution is 2.21. The molecule has 1 saturated heterocycles. The Morgan fingerprint density at radius 1 is 1.36 bits per heavy atom. The average molecular weight is 309 g/mol. The van der Waals surface area contributed by atoms with Gasteiger partial charge in [0.15, 0.2) is 0 Å². The SMILES string of the molecule is CC(O)(CNC(=O)CCC1CCOCC1)c1ccc(F)cc1. The summed E-state index contributed by atoms with van der Waals surface area (Å²) in [4.78, 5) is 11.9. The van der Waals surface area contributed by atoms with Gasteiger partial charge in [-0.2, -0.15) is 0 Å². The molecule has 1 fully saturated rings. The van der Waals surface area contributed by atoms with Crippen LogP contribution in [0.3, 0.4) is 0 Å². The number of aliphatic hydroxyl groups is 1. The number of halogens is 1. The topological polar surface area (TPSA) is 58.6 Å². The van der Waals surface area contributed by atoms with Crippen LogP contribution in [0, 0.1) is 11.7 Å². The smallest absolute Gasteiger partial charge is 0.220 e. The van der Waals surface area contributed by atoms with Crippen LogP contribution < -0.4 is 5.32 Å². The third-order valence-electron chi connectivity index (χ3n) is 4.22. The van der Waals surface area contributed by atoms with Crippen molar-refractivity contribution in [1.29, 1.82) is 0 Å². The largest absolute Gasteiger partial charge is 0.384 e. The average Bonchev–Trinajstić information content (AvgIpc) is 2.52. The lowest BCUT2D eigenvalue weighted by molar-refractivity contribution is -0.122. The lowest BCUT2D eigenvalue weighted by Crippen LogP contribution is -2.38. The van der Waals surface area contributed by atoms with E-state index in [1.54, 1.807) is 6.92 Å². The molecule has 1 aromatic carbocycles. The number of amides is 1. The van der Waals surface area contributed by atoms with Gasteiger partial charge in [-0.25, -0.2) is 4.39 Å². The summed E-state index contributed by atoms with van der Waals surface area (Å²) in [5.41, 5.74) is -0.624. The van der Waals surface area contributed by atoms with Crippen molar-refractivity contribution in [3.8, 4) is 0 Å². The van der Waals surface area contributed by atoms with E-state index in [0.29, 0.717) is 17.9 Å². The van der Waals surface area contributed by atoms with Gasteiger partial charge in [-0.05, 0) is 49.8 Å². The summed E-state index contributed by atoms with van der Waals surface area (Å²) in [6.45, 7) is 3.29. The van der Waals surface area contributed by atoms with E-state index in [4.69, 9.17) is 4.74 Å². The zero-order valence-electron chi connectivity index (χ0n) is 13.0. The van der Waals surface area contributed by atoms with Crippen LogP contribution in [0.1, 0.15) is 38.2 Å². The first-order valence-electron chi connectivity index (χ1n) is 7.80. The van der Waals surface area contributed by atoms with Gasteiger partial charge in [-0.15, -0.1) is 0 Å². The van der Waals surface area contributed by atoms with Gasteiger partial charge in [0.2, 0.25) is 5.91 Å². The van der Waals surface area contributed by atoms with Gasteiger partial charge in [0.25, 0.3) is 0 Å². The van der Waals surface area contributed by atoms with Gasteiger partial charge in [0.05, 0.1) is 6.54 Å². The van der Waals surface area contributed by atoms with Crippen molar-refractivity contribution in [3.63, 3.8) is 0 Å². The van der Waals surface area contributed by atoms with Crippen LogP contribution in [-0.2, 0) is 15.1 Å². The molecule has 5 heteroatoms. The standard InChI is InChI=1S/C17H24FNO3/c1-17(21,14-3-5-15(18)6-4-14)12-19-16(20)7-2-13-8-10-22-11-9-13/h3-6,13,21H,2,7-12H2,1H3,(H,19,20). The molecule has 2 rings (SSSR count). The molecule has 22 heavy (non-hydrogen) atoms. The molecular weight excluding hydrogens is 285 g/mol. The number of rotatable bonds is 6. The molecule has 0 bridgehead atoms. The molecular formula is C17H24FNO3. The summed E-state index contributed by atoms with van der Waals surface area (Å²) in [6, 6.07) is 5.67. The van der Waals surface area contributed by atoms with Crippen LogP contribution in [0.5, 0.6) is 0 Å². The minimum Gasteiger partial charge on any atom is -0.384 e. The van der Waals surface area contributed by atoms with Gasteiger partial charge in [-0.1, -0.05) is 12.1 Å². The van der Waals surface area contributed by atoms with Gasteiger partial charge < -0.3 is 15.2 Å². The van der Waals surface area contributed by atoms with Crippen LogP contribution in [0.25, 0.3) is 0 Å². The Morgan fingerprint density at radius 3 is 2.64 bits per heavy atom. The van der Waals surface area contributed by atoms with Gasteiger partial charge >= 0.3 is 0 Å². The number of carbonyl (C=O) groups is 1. The maximum atomic E-state index is 12.9. The molecule has 0 aromatic heterocycles. The quantitative estimate of drug-likeness (QED) is 0.848. The summed E-state index contributed by atoms with van der Waals surface area (Å²) in [6.07, 6.45) is 3.35. The van der Waals surface area contributed by atoms with Crippen LogP contribution in [0.2, 0.25) is 0 Å². The molecule has 0 aliphatic carbocycles. The van der Waals surface area contributed by atoms with Crippen molar-refractivity contribution in [2.45, 2.75) is 38.2 Å². The number of hydrogen-bond acceptors (Lipinski definition) is 3. The Morgan fingerprint density at radius 2 is 2.00 bits per heavy atom. The molecule has 0 spiro atoms. The first kappa shape index (κ1) is 16.9. The normalized spacial score (nSPS) is 18.7. The lowest BCUT2D eigenvalue weighted by atomic mass is 9.94. The van der Waals surface area contributed by atoms with Gasteiger partial charge in [0.1, 0.15) is 11.4 Å². The Bertz CT molecular complexity index is 481. The molecule has 1 heterocycles. The van der Waals surface area contributed by atoms with E-state index in [-0.39, 0.29) is 18.3 Å². The zero-order valence-corrected chi connectivity index (χ0v) is 13.0. The molecule has 2 N–H and O–H groups in total. The molecule has 4 nitrogen and oxygen atoms in total. The summed E-state index contributed by atoms with van der Waals surface area (Å²) in [5, 5.41) is 13.2. The third-order valence-corrected chi connectivity index (χ3v) is 4.22. The fraction of sp³-hybridized carbons (Fsp3) is 0.588. The van der Waals surface area contributed by atoms with Crippen molar-refractivity contribution < 1.29 is 19.0 Å². The number of hydrogen-bond donors (Lipinski definition) is 2. The van der Waals surface area contributed by atoms with Crippen molar-refractivity contribution in [3.05, 3.63) is 35.6 Å². The van der Waals surface area contributed by atoms with Gasteiger partial charge in [-0.3, -0.25) is 4.79 Å². The van der Waals surface area contributed by atoms with E-state index in [1.807, 2.05) is 0 Å². The molecule has 1 aliphatic heterocycles. The van der Waals surface area contributed by atoms with Crippen LogP contribution in [0.15, 0.2) is 24.3 Å². The first-order chi connectivity index (χ1) is 10.5. The number of benzene rings is 1. The second-order valence-electron chi connectivity index (χ2n) is 6.15. The summed E-state index contributed by atoms with van der Waals surface area (Å²) in [7, 11) is 0. The van der Waals surface area contributed by atoms with Crippen molar-refractivity contribution in [1.82, 2.24) is 5.32 Å². The second kappa shape index (κ2) is 7.70. The predicted molar refractivity (Wildman–Crippen MR) is 81.8 cm³/mol. The van der Waals surface area contributed by atoms with Crippen molar-refractivity contribution in [2.24, 2.45) is 5.92 Å². The number of nitrogens with one attached hydrogen (secondary N) is 1. The molecule has 1 amide bonds. The molecule has 122 valence electrons. The zero-order chi connectivity index (χ0) is 16.0. The molecule has 1 aliphatic rings. The Labute approximate surface area is 130 Å². The molecule has 0 radical (unpaired) electrons. The molecule has 1 aromatic rings. The Kier molecular flexibility index (Phi) is 5.91. The van der Waals surface area contributed by atoms with E-state index < -0.39 is 5.60 Å². The summed E-state index contributed by atoms with van der Waals surface area (Å²) in [5.74, 6) is 0.144. The highest BCUT2D eigenvalue weighted by atomic mass is 19.1. The van der Waals surface area contributed by atoms with Crippen LogP contribution in [0.4, 0.5) is 4.39 Å². The molecule has 1 unspecified atom stereocenters. The van der Waals surface area contributed by atoms with Crippen LogP contribution >= 0.6 is 0 Å². The van der Waals surface area contributed by atoms with E-state index in [1.165, 1.54) is 24.3 Å². The number of ether oxygens (including phenoxy) is 1. The highest BCUT2D eigenvalue weighted by Gasteiger charge is 2.24. The molecule has 1 atom stereocenters.